The van der Waals surface area contributed by atoms with Crippen LogP contribution in [-0.4, -0.2) is 112 Å². The maximum Gasteiger partial charge on any atom is 0.249 e. The Kier molecular flexibility index (Phi) is 8.97. The Hall–Kier alpha value is -1.30. The molecule has 232 valence electrons. The SMILES string of the molecule is COC1CC(NC(=O)[C@@H](C)OC2CCC3C(C2)C2CCNC4C5CCC(OC)C(OC)C5C(=O)N3C24)CC(OC)C1. The highest BCUT2D eigenvalue weighted by atomic mass is 16.5. The molecule has 0 spiro atoms. The number of methoxy groups -OCH3 is 4. The third-order valence-electron chi connectivity index (χ3n) is 11.6. The highest BCUT2D eigenvalue weighted by Crippen LogP contribution is 2.54. The standard InChI is InChI=1S/C31H51N3O7/c1-16(30(35)33-17-12-19(37-2)14-20(13-17)38-3)41-18-6-8-24-23(15-18)21-10-11-32-27-22-7-9-25(39-4)29(40-5)26(22)31(36)34(24)28(21)27/h16-29,32H,6-15H2,1-5H3,(H,33,35)/t16-,17?,18?,19?,20?,21?,22?,23?,24?,25?,26?,27?,28?,29?/m1/s1. The van der Waals surface area contributed by atoms with Crippen molar-refractivity contribution in [3.63, 3.8) is 0 Å². The molecule has 6 rings (SSSR count). The molecule has 2 N–H and O–H groups in total. The van der Waals surface area contributed by atoms with E-state index < -0.39 is 6.10 Å². The number of piperidine rings is 2. The van der Waals surface area contributed by atoms with E-state index >= 15 is 0 Å². The summed E-state index contributed by atoms with van der Waals surface area (Å²) in [6.07, 6.45) is 7.59. The maximum atomic E-state index is 14.2. The number of rotatable bonds is 8. The molecule has 12 unspecified atom stereocenters. The zero-order valence-electron chi connectivity index (χ0n) is 25.5. The lowest BCUT2D eigenvalue weighted by Crippen LogP contribution is -2.70. The van der Waals surface area contributed by atoms with Crippen LogP contribution in [0, 0.1) is 23.7 Å². The van der Waals surface area contributed by atoms with Gasteiger partial charge < -0.3 is 39.2 Å². The summed E-state index contributed by atoms with van der Waals surface area (Å²) < 4.78 is 29.3. The van der Waals surface area contributed by atoms with Crippen LogP contribution in [-0.2, 0) is 33.3 Å². The van der Waals surface area contributed by atoms with Gasteiger partial charge in [0.15, 0.2) is 0 Å². The van der Waals surface area contributed by atoms with Crippen molar-refractivity contribution in [2.24, 2.45) is 23.7 Å². The average Bonchev–Trinajstić information content (AvgIpc) is 3.33. The van der Waals surface area contributed by atoms with Gasteiger partial charge in [-0.15, -0.1) is 0 Å². The number of ether oxygens (including phenoxy) is 5. The van der Waals surface area contributed by atoms with E-state index in [-0.39, 0.29) is 72.3 Å². The highest BCUT2D eigenvalue weighted by molar-refractivity contribution is 5.83. The Morgan fingerprint density at radius 3 is 2.29 bits per heavy atom. The Bertz CT molecular complexity index is 941. The second-order valence-electron chi connectivity index (χ2n) is 13.5. The van der Waals surface area contributed by atoms with Crippen LogP contribution in [0.1, 0.15) is 64.7 Å². The molecule has 10 nitrogen and oxygen atoms in total. The number of nitrogens with zero attached hydrogens (tertiary/aromatic N) is 1. The molecule has 13 atom stereocenters. The number of hydrogen-bond acceptors (Lipinski definition) is 8. The first-order valence-corrected chi connectivity index (χ1v) is 16.0. The molecule has 0 aromatic heterocycles. The second-order valence-corrected chi connectivity index (χ2v) is 13.5. The van der Waals surface area contributed by atoms with Crippen LogP contribution in [0.25, 0.3) is 0 Å². The Morgan fingerprint density at radius 2 is 1.61 bits per heavy atom. The zero-order valence-corrected chi connectivity index (χ0v) is 25.5. The summed E-state index contributed by atoms with van der Waals surface area (Å²) in [5.74, 6) is 1.23. The molecule has 3 aliphatic carbocycles. The normalized spacial score (nSPS) is 46.3. The minimum Gasteiger partial charge on any atom is -0.381 e. The molecule has 3 heterocycles. The molecular weight excluding hydrogens is 526 g/mol. The molecule has 2 amide bonds. The number of fused-ring (bicyclic) bond motifs is 5. The first-order valence-electron chi connectivity index (χ1n) is 16.0. The smallest absolute Gasteiger partial charge is 0.249 e. The monoisotopic (exact) mass is 577 g/mol. The lowest BCUT2D eigenvalue weighted by atomic mass is 9.64. The third kappa shape index (κ3) is 5.35. The van der Waals surface area contributed by atoms with Crippen LogP contribution < -0.4 is 10.6 Å². The van der Waals surface area contributed by atoms with Crippen molar-refractivity contribution in [1.82, 2.24) is 15.5 Å². The van der Waals surface area contributed by atoms with Gasteiger partial charge in [-0.05, 0) is 89.0 Å². The van der Waals surface area contributed by atoms with Gasteiger partial charge in [-0.2, -0.15) is 0 Å². The molecule has 0 radical (unpaired) electrons. The van der Waals surface area contributed by atoms with Crippen LogP contribution in [0.5, 0.6) is 0 Å². The van der Waals surface area contributed by atoms with Crippen LogP contribution >= 0.6 is 0 Å². The fourth-order valence-corrected chi connectivity index (χ4v) is 9.85. The summed E-state index contributed by atoms with van der Waals surface area (Å²) >= 11 is 0. The quantitative estimate of drug-likeness (QED) is 0.451. The molecule has 6 aliphatic rings. The van der Waals surface area contributed by atoms with E-state index in [1.807, 2.05) is 6.92 Å². The molecule has 3 saturated carbocycles. The van der Waals surface area contributed by atoms with Crippen molar-refractivity contribution in [3.8, 4) is 0 Å². The number of hydrogen-bond donors (Lipinski definition) is 2. The van der Waals surface area contributed by atoms with Crippen molar-refractivity contribution in [1.29, 1.82) is 0 Å². The van der Waals surface area contributed by atoms with Gasteiger partial charge in [0.2, 0.25) is 11.8 Å². The maximum absolute atomic E-state index is 14.2. The third-order valence-corrected chi connectivity index (χ3v) is 11.6. The summed E-state index contributed by atoms with van der Waals surface area (Å²) in [4.78, 5) is 29.7. The van der Waals surface area contributed by atoms with Crippen LogP contribution in [0.15, 0.2) is 0 Å². The second kappa shape index (κ2) is 12.4. The van der Waals surface area contributed by atoms with Gasteiger partial charge in [0.25, 0.3) is 0 Å². The largest absolute Gasteiger partial charge is 0.381 e. The molecule has 3 aliphatic heterocycles. The van der Waals surface area contributed by atoms with E-state index in [1.165, 1.54) is 0 Å². The minimum absolute atomic E-state index is 0.0218. The van der Waals surface area contributed by atoms with Gasteiger partial charge in [0.1, 0.15) is 6.10 Å². The lowest BCUT2D eigenvalue weighted by molar-refractivity contribution is -0.175. The minimum atomic E-state index is -0.525. The molecule has 41 heavy (non-hydrogen) atoms. The summed E-state index contributed by atoms with van der Waals surface area (Å²) in [5.41, 5.74) is 0. The molecule has 0 bridgehead atoms. The van der Waals surface area contributed by atoms with Gasteiger partial charge in [-0.3, -0.25) is 9.59 Å². The highest BCUT2D eigenvalue weighted by Gasteiger charge is 2.64. The fourth-order valence-electron chi connectivity index (χ4n) is 9.85. The van der Waals surface area contributed by atoms with Crippen molar-refractivity contribution in [2.75, 3.05) is 35.0 Å². The van der Waals surface area contributed by atoms with E-state index in [2.05, 4.69) is 15.5 Å². The summed E-state index contributed by atoms with van der Waals surface area (Å²) in [6, 6.07) is 0.819. The van der Waals surface area contributed by atoms with Crippen LogP contribution in [0.4, 0.5) is 0 Å². The lowest BCUT2D eigenvalue weighted by Gasteiger charge is -2.55. The van der Waals surface area contributed by atoms with Crippen molar-refractivity contribution in [2.45, 2.75) is 126 Å². The molecule has 6 fully saturated rings. The van der Waals surface area contributed by atoms with Gasteiger partial charge in [0.05, 0.1) is 42.5 Å². The van der Waals surface area contributed by atoms with Gasteiger partial charge in [0, 0.05) is 46.6 Å². The van der Waals surface area contributed by atoms with Gasteiger partial charge in [-0.25, -0.2) is 0 Å². The summed E-state index contributed by atoms with van der Waals surface area (Å²) in [6.45, 7) is 2.86. The Labute approximate surface area is 244 Å². The molecule has 0 aromatic carbocycles. The van der Waals surface area contributed by atoms with E-state index in [4.69, 9.17) is 23.7 Å². The van der Waals surface area contributed by atoms with Crippen LogP contribution in [0.2, 0.25) is 0 Å². The van der Waals surface area contributed by atoms with Gasteiger partial charge in [-0.1, -0.05) is 0 Å². The van der Waals surface area contributed by atoms with Crippen molar-refractivity contribution >= 4 is 11.8 Å². The molecular formula is C31H51N3O7. The van der Waals surface area contributed by atoms with E-state index in [0.717, 1.165) is 64.3 Å². The summed E-state index contributed by atoms with van der Waals surface area (Å²) in [5, 5.41) is 7.05. The predicted molar refractivity (Wildman–Crippen MR) is 151 cm³/mol. The Balaban J connectivity index is 1.11. The first kappa shape index (κ1) is 29.8. The van der Waals surface area contributed by atoms with Crippen molar-refractivity contribution < 1.29 is 33.3 Å². The fraction of sp³-hybridized carbons (Fsp3) is 0.935. The average molecular weight is 578 g/mol. The number of nitrogens with one attached hydrogen (secondary N) is 2. The molecule has 3 saturated heterocycles. The predicted octanol–water partition coefficient (Wildman–Crippen LogP) is 1.89. The first-order chi connectivity index (χ1) is 19.9. The number of amides is 2. The topological polar surface area (TPSA) is 108 Å². The summed E-state index contributed by atoms with van der Waals surface area (Å²) in [7, 11) is 6.90. The zero-order chi connectivity index (χ0) is 28.8. The van der Waals surface area contributed by atoms with Crippen LogP contribution in [0.3, 0.4) is 0 Å². The molecule has 0 aromatic rings. The molecule has 10 heteroatoms. The van der Waals surface area contributed by atoms with Crippen molar-refractivity contribution in [3.05, 3.63) is 0 Å². The van der Waals surface area contributed by atoms with Gasteiger partial charge >= 0.3 is 0 Å². The number of carbonyl (C=O) groups excluding carboxylic acids is 2. The van der Waals surface area contributed by atoms with E-state index in [1.54, 1.807) is 28.4 Å². The van der Waals surface area contributed by atoms with E-state index in [0.29, 0.717) is 17.9 Å². The number of carbonyl (C=O) groups is 2. The Morgan fingerprint density at radius 1 is 0.854 bits per heavy atom. The van der Waals surface area contributed by atoms with E-state index in [9.17, 15) is 9.59 Å².